The molecule has 1 aromatic heterocycles. The molecule has 1 fully saturated rings. The van der Waals surface area contributed by atoms with Crippen molar-refractivity contribution in [2.75, 3.05) is 19.6 Å². The third-order valence-electron chi connectivity index (χ3n) is 4.49. The predicted molar refractivity (Wildman–Crippen MR) is 91.1 cm³/mol. The van der Waals surface area contributed by atoms with E-state index in [9.17, 15) is 9.18 Å². The summed E-state index contributed by atoms with van der Waals surface area (Å²) in [7, 11) is 0. The molecular weight excluding hydrogens is 305 g/mol. The number of piperidine rings is 1. The van der Waals surface area contributed by atoms with Crippen LogP contribution in [0.15, 0.2) is 48.8 Å². The van der Waals surface area contributed by atoms with Gasteiger partial charge in [0.05, 0.1) is 17.8 Å². The number of halogens is 1. The van der Waals surface area contributed by atoms with Crippen LogP contribution >= 0.6 is 0 Å². The number of aromatic nitrogens is 1. The van der Waals surface area contributed by atoms with Crippen molar-refractivity contribution in [3.05, 3.63) is 65.7 Å². The van der Waals surface area contributed by atoms with Crippen LogP contribution in [0.4, 0.5) is 4.39 Å². The predicted octanol–water partition coefficient (Wildman–Crippen LogP) is 3.18. The van der Waals surface area contributed by atoms with Crippen LogP contribution in [0, 0.1) is 5.82 Å². The van der Waals surface area contributed by atoms with Crippen molar-refractivity contribution in [1.82, 2.24) is 15.2 Å². The third kappa shape index (κ3) is 3.97. The molecule has 1 saturated heterocycles. The van der Waals surface area contributed by atoms with Crippen LogP contribution in [0.25, 0.3) is 0 Å². The minimum absolute atomic E-state index is 0.0375. The van der Waals surface area contributed by atoms with Crippen molar-refractivity contribution < 1.29 is 9.18 Å². The summed E-state index contributed by atoms with van der Waals surface area (Å²) in [6.45, 7) is 2.52. The highest BCUT2D eigenvalue weighted by Crippen LogP contribution is 2.24. The van der Waals surface area contributed by atoms with Crippen molar-refractivity contribution in [1.29, 1.82) is 0 Å². The Morgan fingerprint density at radius 1 is 1.17 bits per heavy atom. The van der Waals surface area contributed by atoms with E-state index in [-0.39, 0.29) is 11.6 Å². The number of rotatable bonds is 5. The van der Waals surface area contributed by atoms with Gasteiger partial charge in [-0.2, -0.15) is 0 Å². The molecule has 0 radical (unpaired) electrons. The Hall–Kier alpha value is -2.27. The van der Waals surface area contributed by atoms with Gasteiger partial charge in [0.25, 0.3) is 5.91 Å². The monoisotopic (exact) mass is 327 g/mol. The number of hydrogen-bond acceptors (Lipinski definition) is 3. The second-order valence-electron chi connectivity index (χ2n) is 6.09. The summed E-state index contributed by atoms with van der Waals surface area (Å²) in [6.07, 6.45) is 6.10. The Morgan fingerprint density at radius 2 is 1.92 bits per heavy atom. The van der Waals surface area contributed by atoms with Crippen molar-refractivity contribution in [3.8, 4) is 0 Å². The Labute approximate surface area is 141 Å². The first-order valence-corrected chi connectivity index (χ1v) is 8.42. The van der Waals surface area contributed by atoms with Crippen molar-refractivity contribution in [3.63, 3.8) is 0 Å². The molecule has 0 spiro atoms. The lowest BCUT2D eigenvalue weighted by Gasteiger charge is -2.35. The number of carbonyl (C=O) groups excluding carboxylic acids is 1. The first-order valence-electron chi connectivity index (χ1n) is 8.42. The molecule has 1 aliphatic heterocycles. The van der Waals surface area contributed by atoms with Gasteiger partial charge in [-0.15, -0.1) is 0 Å². The van der Waals surface area contributed by atoms with E-state index >= 15 is 0 Å². The van der Waals surface area contributed by atoms with Gasteiger partial charge in [0, 0.05) is 12.7 Å². The number of nitrogens with one attached hydrogen (secondary N) is 1. The first-order chi connectivity index (χ1) is 11.8. The van der Waals surface area contributed by atoms with Crippen LogP contribution in [-0.4, -0.2) is 35.4 Å². The molecular formula is C19H22FN3O. The second kappa shape index (κ2) is 8.02. The quantitative estimate of drug-likeness (QED) is 0.917. The highest BCUT2D eigenvalue weighted by atomic mass is 19.1. The minimum atomic E-state index is -0.593. The number of nitrogens with zero attached hydrogens (tertiary/aromatic N) is 2. The maximum absolute atomic E-state index is 13.7. The molecule has 0 unspecified atom stereocenters. The summed E-state index contributed by atoms with van der Waals surface area (Å²) >= 11 is 0. The molecule has 0 bridgehead atoms. The van der Waals surface area contributed by atoms with Crippen LogP contribution in [0.5, 0.6) is 0 Å². The Morgan fingerprint density at radius 3 is 2.62 bits per heavy atom. The molecule has 2 aromatic rings. The Kier molecular flexibility index (Phi) is 5.54. The fourth-order valence-electron chi connectivity index (χ4n) is 3.21. The van der Waals surface area contributed by atoms with Gasteiger partial charge < -0.3 is 5.32 Å². The number of hydrogen-bond donors (Lipinski definition) is 1. The van der Waals surface area contributed by atoms with Gasteiger partial charge >= 0.3 is 0 Å². The van der Waals surface area contributed by atoms with Gasteiger partial charge in [0.15, 0.2) is 5.82 Å². The number of carbonyl (C=O) groups is 1. The van der Waals surface area contributed by atoms with Crippen molar-refractivity contribution in [2.24, 2.45) is 0 Å². The summed E-state index contributed by atoms with van der Waals surface area (Å²) in [5, 5.41) is 2.89. The van der Waals surface area contributed by atoms with Gasteiger partial charge in [-0.3, -0.25) is 14.7 Å². The largest absolute Gasteiger partial charge is 0.350 e. The van der Waals surface area contributed by atoms with E-state index in [2.05, 4.69) is 27.3 Å². The van der Waals surface area contributed by atoms with Gasteiger partial charge in [-0.05, 0) is 37.6 Å². The highest BCUT2D eigenvalue weighted by molar-refractivity contribution is 5.94. The van der Waals surface area contributed by atoms with E-state index in [0.29, 0.717) is 6.54 Å². The fraction of sp³-hybridized carbons (Fsp3) is 0.368. The molecule has 5 heteroatoms. The summed E-state index contributed by atoms with van der Waals surface area (Å²) in [6, 6.07) is 11.7. The van der Waals surface area contributed by atoms with Crippen LogP contribution < -0.4 is 5.32 Å². The molecule has 1 atom stereocenters. The van der Waals surface area contributed by atoms with Crippen LogP contribution in [-0.2, 0) is 0 Å². The standard InChI is InChI=1S/C19H22FN3O/c20-17-13-21-10-9-16(17)19(24)22-14-18(15-7-3-1-4-8-15)23-11-5-2-6-12-23/h1,3-4,7-10,13,18H,2,5-6,11-12,14H2,(H,22,24)/t18-/m0/s1. The lowest BCUT2D eigenvalue weighted by Crippen LogP contribution is -2.40. The second-order valence-corrected chi connectivity index (χ2v) is 6.09. The van der Waals surface area contributed by atoms with Gasteiger partial charge in [-0.25, -0.2) is 4.39 Å². The molecule has 1 amide bonds. The maximum Gasteiger partial charge on any atom is 0.254 e. The number of benzene rings is 1. The molecule has 2 heterocycles. The molecule has 0 aliphatic carbocycles. The first kappa shape index (κ1) is 16.6. The van der Waals surface area contributed by atoms with E-state index in [4.69, 9.17) is 0 Å². The summed E-state index contributed by atoms with van der Waals surface area (Å²) in [5.41, 5.74) is 1.21. The van der Waals surface area contributed by atoms with E-state index in [1.165, 1.54) is 37.1 Å². The van der Waals surface area contributed by atoms with E-state index in [0.717, 1.165) is 19.3 Å². The molecule has 1 N–H and O–H groups in total. The molecule has 4 nitrogen and oxygen atoms in total. The summed E-state index contributed by atoms with van der Waals surface area (Å²) in [5.74, 6) is -0.989. The third-order valence-corrected chi connectivity index (χ3v) is 4.49. The summed E-state index contributed by atoms with van der Waals surface area (Å²) < 4.78 is 13.7. The lowest BCUT2D eigenvalue weighted by molar-refractivity contribution is 0.0920. The van der Waals surface area contributed by atoms with Crippen LogP contribution in [0.2, 0.25) is 0 Å². The number of pyridine rings is 1. The molecule has 1 aliphatic rings. The average Bonchev–Trinajstić information content (AvgIpc) is 2.64. The van der Waals surface area contributed by atoms with Gasteiger partial charge in [0.1, 0.15) is 0 Å². The normalized spacial score (nSPS) is 16.5. The van der Waals surface area contributed by atoms with Crippen molar-refractivity contribution in [2.45, 2.75) is 25.3 Å². The van der Waals surface area contributed by atoms with Gasteiger partial charge in [-0.1, -0.05) is 36.8 Å². The zero-order valence-corrected chi connectivity index (χ0v) is 13.6. The smallest absolute Gasteiger partial charge is 0.254 e. The molecule has 126 valence electrons. The molecule has 1 aromatic carbocycles. The number of amides is 1. The lowest BCUT2D eigenvalue weighted by atomic mass is 10.0. The number of likely N-dealkylation sites (tertiary alicyclic amines) is 1. The fourth-order valence-corrected chi connectivity index (χ4v) is 3.21. The zero-order chi connectivity index (χ0) is 16.8. The molecule has 3 rings (SSSR count). The average molecular weight is 327 g/mol. The molecule has 0 saturated carbocycles. The topological polar surface area (TPSA) is 45.2 Å². The van der Waals surface area contributed by atoms with Crippen LogP contribution in [0.3, 0.4) is 0 Å². The zero-order valence-electron chi connectivity index (χ0n) is 13.6. The maximum atomic E-state index is 13.7. The van der Waals surface area contributed by atoms with Crippen molar-refractivity contribution >= 4 is 5.91 Å². The minimum Gasteiger partial charge on any atom is -0.350 e. The van der Waals surface area contributed by atoms with Gasteiger partial charge in [0.2, 0.25) is 0 Å². The Balaban J connectivity index is 1.72. The summed E-state index contributed by atoms with van der Waals surface area (Å²) in [4.78, 5) is 18.4. The highest BCUT2D eigenvalue weighted by Gasteiger charge is 2.23. The van der Waals surface area contributed by atoms with E-state index in [1.54, 1.807) is 0 Å². The van der Waals surface area contributed by atoms with E-state index < -0.39 is 11.7 Å². The SMILES string of the molecule is O=C(NC[C@@H](c1ccccc1)N1CCCCC1)c1ccncc1F. The Bertz CT molecular complexity index is 671. The van der Waals surface area contributed by atoms with Crippen LogP contribution in [0.1, 0.15) is 41.2 Å². The van der Waals surface area contributed by atoms with E-state index in [1.807, 2.05) is 18.2 Å². The molecule has 24 heavy (non-hydrogen) atoms.